The van der Waals surface area contributed by atoms with E-state index < -0.39 is 11.9 Å². The molecule has 1 aliphatic heterocycles. The number of hydrogen-bond acceptors (Lipinski definition) is 6. The first-order valence-electron chi connectivity index (χ1n) is 11.7. The summed E-state index contributed by atoms with van der Waals surface area (Å²) in [5, 5.41) is 23.4. The van der Waals surface area contributed by atoms with Crippen LogP contribution < -0.4 is 10.6 Å². The molecule has 2 atom stereocenters. The molecule has 8 heteroatoms. The van der Waals surface area contributed by atoms with Crippen molar-refractivity contribution < 1.29 is 19.1 Å². The third-order valence-corrected chi connectivity index (χ3v) is 6.69. The van der Waals surface area contributed by atoms with Gasteiger partial charge in [-0.1, -0.05) is 29.4 Å². The number of halogens is 2. The molecule has 0 bridgehead atoms. The maximum Gasteiger partial charge on any atom is 0.132 e. The number of anilines is 1. The molecule has 5 rings (SSSR count). The number of benzene rings is 3. The molecular formula is C28H26F2N4O2. The number of aryl methyl sites for hydroxylation is 1. The normalized spacial score (nSPS) is 18.3. The van der Waals surface area contributed by atoms with E-state index in [1.807, 2.05) is 31.2 Å². The Morgan fingerprint density at radius 2 is 1.92 bits per heavy atom. The second-order valence-corrected chi connectivity index (χ2v) is 9.18. The van der Waals surface area contributed by atoms with Crippen molar-refractivity contribution in [2.24, 2.45) is 10.9 Å². The molecule has 0 aliphatic carbocycles. The Balaban J connectivity index is 1.77. The SMILES string of the molecule is Cc1cc(F)cc(-c2cnc3ccc(-c4cccc(F)c4/C=N\O)cc3c2N2CC[C@@H](N)[C@@H](O)C2)c1. The summed E-state index contributed by atoms with van der Waals surface area (Å²) in [7, 11) is 0. The fraction of sp³-hybridized carbons (Fsp3) is 0.214. The van der Waals surface area contributed by atoms with Gasteiger partial charge in [0.1, 0.15) is 11.6 Å². The molecule has 2 heterocycles. The molecule has 3 aromatic carbocycles. The number of nitrogens with zero attached hydrogens (tertiary/aromatic N) is 3. The van der Waals surface area contributed by atoms with E-state index in [9.17, 15) is 13.9 Å². The summed E-state index contributed by atoms with van der Waals surface area (Å²) in [6.07, 6.45) is 2.66. The minimum atomic E-state index is -0.720. The lowest BCUT2D eigenvalue weighted by molar-refractivity contribution is 0.132. The first kappa shape index (κ1) is 23.8. The minimum absolute atomic E-state index is 0.158. The van der Waals surface area contributed by atoms with E-state index in [1.165, 1.54) is 18.2 Å². The summed E-state index contributed by atoms with van der Waals surface area (Å²) < 4.78 is 28.9. The lowest BCUT2D eigenvalue weighted by atomic mass is 9.94. The number of aliphatic hydroxyl groups excluding tert-OH is 1. The maximum atomic E-state index is 14.5. The van der Waals surface area contributed by atoms with Crippen molar-refractivity contribution in [2.75, 3.05) is 18.0 Å². The number of hydrogen-bond donors (Lipinski definition) is 3. The Labute approximate surface area is 207 Å². The third kappa shape index (κ3) is 4.41. The minimum Gasteiger partial charge on any atom is -0.411 e. The highest BCUT2D eigenvalue weighted by molar-refractivity contribution is 6.03. The predicted molar refractivity (Wildman–Crippen MR) is 137 cm³/mol. The van der Waals surface area contributed by atoms with Crippen LogP contribution in [0.25, 0.3) is 33.2 Å². The molecule has 4 N–H and O–H groups in total. The number of β-amino-alcohol motifs (C(OH)–C–C–N with tert-alkyl or cyclic N) is 1. The second-order valence-electron chi connectivity index (χ2n) is 9.18. The van der Waals surface area contributed by atoms with Crippen LogP contribution in [0.3, 0.4) is 0 Å². The average Bonchev–Trinajstić information content (AvgIpc) is 2.85. The van der Waals surface area contributed by atoms with Crippen LogP contribution >= 0.6 is 0 Å². The Kier molecular flexibility index (Phi) is 6.38. The number of aromatic nitrogens is 1. The number of rotatable bonds is 4. The quantitative estimate of drug-likeness (QED) is 0.217. The largest absolute Gasteiger partial charge is 0.411 e. The summed E-state index contributed by atoms with van der Waals surface area (Å²) in [5.74, 6) is -0.862. The van der Waals surface area contributed by atoms with Crippen LogP contribution in [0.15, 0.2) is 65.9 Å². The molecule has 0 radical (unpaired) electrons. The Morgan fingerprint density at radius 3 is 2.67 bits per heavy atom. The van der Waals surface area contributed by atoms with Gasteiger partial charge in [0.05, 0.1) is 23.5 Å². The standard InChI is InChI=1S/C28H26F2N4O2/c1-16-9-18(11-19(29)10-16)22-13-32-26-6-5-17(20-3-2-4-24(30)23(20)14-33-36)12-21(26)28(22)34-8-7-25(31)27(35)15-34/h2-6,9-14,25,27,35-36H,7-8,15,31H2,1H3/b33-14-/t25-,27+/m1/s1. The Bertz CT molecular complexity index is 1450. The van der Waals surface area contributed by atoms with Crippen molar-refractivity contribution in [2.45, 2.75) is 25.5 Å². The molecular weight excluding hydrogens is 462 g/mol. The van der Waals surface area contributed by atoms with Crippen LogP contribution in [-0.2, 0) is 0 Å². The number of piperidine rings is 1. The van der Waals surface area contributed by atoms with Gasteiger partial charge in [-0.25, -0.2) is 8.78 Å². The monoisotopic (exact) mass is 488 g/mol. The third-order valence-electron chi connectivity index (χ3n) is 6.69. The second kappa shape index (κ2) is 9.64. The van der Waals surface area contributed by atoms with Gasteiger partial charge >= 0.3 is 0 Å². The van der Waals surface area contributed by atoms with Crippen molar-refractivity contribution in [1.82, 2.24) is 4.98 Å². The number of fused-ring (bicyclic) bond motifs is 1. The van der Waals surface area contributed by atoms with Gasteiger partial charge in [-0.3, -0.25) is 4.98 Å². The molecule has 6 nitrogen and oxygen atoms in total. The maximum absolute atomic E-state index is 14.5. The molecule has 36 heavy (non-hydrogen) atoms. The van der Waals surface area contributed by atoms with Gasteiger partial charge in [0.25, 0.3) is 0 Å². The van der Waals surface area contributed by atoms with E-state index in [0.29, 0.717) is 41.7 Å². The number of pyridine rings is 1. The lowest BCUT2D eigenvalue weighted by Crippen LogP contribution is -2.50. The molecule has 1 aromatic heterocycles. The van der Waals surface area contributed by atoms with Crippen LogP contribution in [0.4, 0.5) is 14.5 Å². The highest BCUT2D eigenvalue weighted by Crippen LogP contribution is 2.40. The highest BCUT2D eigenvalue weighted by atomic mass is 19.1. The summed E-state index contributed by atoms with van der Waals surface area (Å²) >= 11 is 0. The molecule has 1 saturated heterocycles. The zero-order valence-electron chi connectivity index (χ0n) is 19.7. The number of nitrogens with two attached hydrogens (primary N) is 1. The van der Waals surface area contributed by atoms with Crippen molar-refractivity contribution >= 4 is 22.8 Å². The van der Waals surface area contributed by atoms with Gasteiger partial charge in [0, 0.05) is 41.8 Å². The molecule has 1 aliphatic rings. The topological polar surface area (TPSA) is 95.0 Å². The van der Waals surface area contributed by atoms with Gasteiger partial charge in [0.15, 0.2) is 0 Å². The van der Waals surface area contributed by atoms with Crippen molar-refractivity contribution in [3.05, 3.63) is 83.6 Å². The van der Waals surface area contributed by atoms with Gasteiger partial charge in [-0.2, -0.15) is 0 Å². The first-order chi connectivity index (χ1) is 17.4. The molecule has 0 unspecified atom stereocenters. The Hall–Kier alpha value is -3.88. The lowest BCUT2D eigenvalue weighted by Gasteiger charge is -2.37. The van der Waals surface area contributed by atoms with Crippen LogP contribution in [-0.4, -0.2) is 46.7 Å². The van der Waals surface area contributed by atoms with Crippen molar-refractivity contribution in [1.29, 1.82) is 0 Å². The average molecular weight is 489 g/mol. The molecule has 4 aromatic rings. The van der Waals surface area contributed by atoms with Gasteiger partial charge < -0.3 is 20.9 Å². The van der Waals surface area contributed by atoms with E-state index in [4.69, 9.17) is 10.9 Å². The van der Waals surface area contributed by atoms with E-state index >= 15 is 0 Å². The first-order valence-corrected chi connectivity index (χ1v) is 11.7. The molecule has 1 fully saturated rings. The van der Waals surface area contributed by atoms with Gasteiger partial charge in [-0.05, 0) is 65.9 Å². The summed E-state index contributed by atoms with van der Waals surface area (Å²) in [4.78, 5) is 6.70. The van der Waals surface area contributed by atoms with E-state index in [0.717, 1.165) is 28.4 Å². The number of oxime groups is 1. The summed E-state index contributed by atoms with van der Waals surface area (Å²) in [6.45, 7) is 2.75. The fourth-order valence-corrected chi connectivity index (χ4v) is 4.92. The molecule has 0 amide bonds. The fourth-order valence-electron chi connectivity index (χ4n) is 4.92. The van der Waals surface area contributed by atoms with Gasteiger partial charge in [-0.15, -0.1) is 0 Å². The van der Waals surface area contributed by atoms with E-state index in [2.05, 4.69) is 15.0 Å². The van der Waals surface area contributed by atoms with Crippen molar-refractivity contribution in [3.8, 4) is 22.3 Å². The smallest absolute Gasteiger partial charge is 0.132 e. The van der Waals surface area contributed by atoms with Crippen LogP contribution in [0, 0.1) is 18.6 Å². The molecule has 0 spiro atoms. The predicted octanol–water partition coefficient (Wildman–Crippen LogP) is 4.86. The summed E-state index contributed by atoms with van der Waals surface area (Å²) in [6, 6.07) is 14.7. The van der Waals surface area contributed by atoms with Gasteiger partial charge in [0.2, 0.25) is 0 Å². The van der Waals surface area contributed by atoms with Crippen molar-refractivity contribution in [3.63, 3.8) is 0 Å². The van der Waals surface area contributed by atoms with Crippen LogP contribution in [0.1, 0.15) is 17.5 Å². The summed E-state index contributed by atoms with van der Waals surface area (Å²) in [5.41, 5.74) is 11.1. The van der Waals surface area contributed by atoms with Crippen LogP contribution in [0.2, 0.25) is 0 Å². The zero-order valence-corrected chi connectivity index (χ0v) is 19.7. The molecule has 0 saturated carbocycles. The number of aliphatic hydroxyl groups is 1. The molecule has 184 valence electrons. The van der Waals surface area contributed by atoms with Crippen LogP contribution in [0.5, 0.6) is 0 Å². The highest BCUT2D eigenvalue weighted by Gasteiger charge is 2.28. The zero-order chi connectivity index (χ0) is 25.4. The Morgan fingerprint density at radius 1 is 1.08 bits per heavy atom. The van der Waals surface area contributed by atoms with E-state index in [-0.39, 0.29) is 17.4 Å². The van der Waals surface area contributed by atoms with E-state index in [1.54, 1.807) is 18.3 Å².